The number of carbonyl (C=O) groups excluding carboxylic acids is 1. The summed E-state index contributed by atoms with van der Waals surface area (Å²) in [7, 11) is 0. The lowest BCUT2D eigenvalue weighted by Gasteiger charge is -2.25. The van der Waals surface area contributed by atoms with Crippen molar-refractivity contribution in [3.63, 3.8) is 0 Å². The Kier molecular flexibility index (Phi) is 4.25. The van der Waals surface area contributed by atoms with E-state index in [0.29, 0.717) is 18.8 Å². The van der Waals surface area contributed by atoms with E-state index in [9.17, 15) is 9.59 Å². The topological polar surface area (TPSA) is 57.6 Å². The van der Waals surface area contributed by atoms with E-state index in [1.165, 1.54) is 12.8 Å². The van der Waals surface area contributed by atoms with Crippen molar-refractivity contribution in [2.45, 2.75) is 45.4 Å². The van der Waals surface area contributed by atoms with Gasteiger partial charge in [0.25, 0.3) is 0 Å². The van der Waals surface area contributed by atoms with Crippen LogP contribution in [0.3, 0.4) is 0 Å². The van der Waals surface area contributed by atoms with Crippen molar-refractivity contribution in [2.75, 3.05) is 13.1 Å². The molecule has 2 atom stereocenters. The van der Waals surface area contributed by atoms with Crippen LogP contribution in [-0.4, -0.2) is 35.0 Å². The molecule has 18 heavy (non-hydrogen) atoms. The maximum atomic E-state index is 12.4. The Bertz CT molecular complexity index is 325. The average molecular weight is 253 g/mol. The summed E-state index contributed by atoms with van der Waals surface area (Å²) in [6.07, 6.45) is 5.42. The minimum Gasteiger partial charge on any atom is -0.481 e. The molecule has 0 heterocycles. The quantitative estimate of drug-likeness (QED) is 0.789. The summed E-state index contributed by atoms with van der Waals surface area (Å²) >= 11 is 0. The van der Waals surface area contributed by atoms with Crippen LogP contribution in [-0.2, 0) is 9.59 Å². The summed E-state index contributed by atoms with van der Waals surface area (Å²) in [5.74, 6) is -0.182. The molecule has 2 unspecified atom stereocenters. The van der Waals surface area contributed by atoms with Gasteiger partial charge in [-0.3, -0.25) is 9.59 Å². The number of carboxylic acid groups (broad SMARTS) is 1. The standard InChI is InChI=1S/C14H23NO3/c1-2-7-15(9-10-3-4-10)13(16)11-5-6-12(8-11)14(17)18/h10-12H,2-9H2,1H3,(H,17,18). The van der Waals surface area contributed by atoms with E-state index in [2.05, 4.69) is 6.92 Å². The van der Waals surface area contributed by atoms with Gasteiger partial charge in [-0.25, -0.2) is 0 Å². The van der Waals surface area contributed by atoms with Crippen LogP contribution >= 0.6 is 0 Å². The van der Waals surface area contributed by atoms with E-state index in [-0.39, 0.29) is 17.7 Å². The number of aliphatic carboxylic acids is 1. The van der Waals surface area contributed by atoms with Crippen LogP contribution in [0, 0.1) is 17.8 Å². The van der Waals surface area contributed by atoms with Crippen molar-refractivity contribution in [3.8, 4) is 0 Å². The zero-order chi connectivity index (χ0) is 13.1. The number of carbonyl (C=O) groups is 2. The van der Waals surface area contributed by atoms with Gasteiger partial charge in [0.1, 0.15) is 0 Å². The van der Waals surface area contributed by atoms with E-state index >= 15 is 0 Å². The molecule has 2 saturated carbocycles. The van der Waals surface area contributed by atoms with E-state index in [1.54, 1.807) is 0 Å². The third-order valence-corrected chi connectivity index (χ3v) is 4.11. The van der Waals surface area contributed by atoms with Gasteiger partial charge in [0.05, 0.1) is 5.92 Å². The summed E-state index contributed by atoms with van der Waals surface area (Å²) in [5, 5.41) is 8.99. The minimum absolute atomic E-state index is 0.0450. The first-order valence-electron chi connectivity index (χ1n) is 7.13. The molecule has 0 saturated heterocycles. The molecule has 0 aliphatic heterocycles. The van der Waals surface area contributed by atoms with E-state index in [1.807, 2.05) is 4.90 Å². The van der Waals surface area contributed by atoms with Gasteiger partial charge in [-0.1, -0.05) is 6.92 Å². The van der Waals surface area contributed by atoms with Gasteiger partial charge in [-0.05, 0) is 44.4 Å². The Morgan fingerprint density at radius 2 is 1.83 bits per heavy atom. The maximum absolute atomic E-state index is 12.4. The van der Waals surface area contributed by atoms with Crippen molar-refractivity contribution in [2.24, 2.45) is 17.8 Å². The van der Waals surface area contributed by atoms with Crippen LogP contribution in [0.25, 0.3) is 0 Å². The van der Waals surface area contributed by atoms with E-state index in [0.717, 1.165) is 25.9 Å². The molecule has 102 valence electrons. The van der Waals surface area contributed by atoms with Gasteiger partial charge >= 0.3 is 5.97 Å². The first-order chi connectivity index (χ1) is 8.61. The molecule has 4 nitrogen and oxygen atoms in total. The maximum Gasteiger partial charge on any atom is 0.306 e. The molecule has 0 aromatic carbocycles. The molecule has 1 N–H and O–H groups in total. The van der Waals surface area contributed by atoms with Gasteiger partial charge in [0, 0.05) is 19.0 Å². The molecule has 4 heteroatoms. The second-order valence-electron chi connectivity index (χ2n) is 5.77. The zero-order valence-electron chi connectivity index (χ0n) is 11.1. The highest BCUT2D eigenvalue weighted by molar-refractivity contribution is 5.81. The number of rotatable bonds is 6. The fourth-order valence-electron chi connectivity index (χ4n) is 2.86. The Hall–Kier alpha value is -1.06. The molecular formula is C14H23NO3. The van der Waals surface area contributed by atoms with Crippen LogP contribution < -0.4 is 0 Å². The Balaban J connectivity index is 1.89. The van der Waals surface area contributed by atoms with Crippen molar-refractivity contribution in [3.05, 3.63) is 0 Å². The molecule has 0 aromatic heterocycles. The smallest absolute Gasteiger partial charge is 0.306 e. The van der Waals surface area contributed by atoms with Crippen molar-refractivity contribution >= 4 is 11.9 Å². The van der Waals surface area contributed by atoms with E-state index < -0.39 is 5.97 Å². The molecule has 2 rings (SSSR count). The summed E-state index contributed by atoms with van der Waals surface area (Å²) in [5.41, 5.74) is 0. The minimum atomic E-state index is -0.741. The summed E-state index contributed by atoms with van der Waals surface area (Å²) in [4.78, 5) is 25.3. The van der Waals surface area contributed by atoms with Crippen LogP contribution in [0.15, 0.2) is 0 Å². The summed E-state index contributed by atoms with van der Waals surface area (Å²) in [6, 6.07) is 0. The third kappa shape index (κ3) is 3.24. The fraction of sp³-hybridized carbons (Fsp3) is 0.857. The highest BCUT2D eigenvalue weighted by Crippen LogP contribution is 2.34. The summed E-state index contributed by atoms with van der Waals surface area (Å²) in [6.45, 7) is 3.80. The Labute approximate surface area is 108 Å². The molecule has 2 aliphatic rings. The monoisotopic (exact) mass is 253 g/mol. The molecule has 0 bridgehead atoms. The lowest BCUT2D eigenvalue weighted by atomic mass is 10.0. The van der Waals surface area contributed by atoms with Gasteiger partial charge in [0.15, 0.2) is 0 Å². The number of amides is 1. The zero-order valence-corrected chi connectivity index (χ0v) is 11.1. The number of hydrogen-bond acceptors (Lipinski definition) is 2. The molecule has 0 aromatic rings. The summed E-state index contributed by atoms with van der Waals surface area (Å²) < 4.78 is 0. The lowest BCUT2D eigenvalue weighted by Crippen LogP contribution is -2.37. The second-order valence-corrected chi connectivity index (χ2v) is 5.77. The number of nitrogens with zero attached hydrogens (tertiary/aromatic N) is 1. The van der Waals surface area contributed by atoms with Gasteiger partial charge in [-0.15, -0.1) is 0 Å². The van der Waals surface area contributed by atoms with Crippen molar-refractivity contribution < 1.29 is 14.7 Å². The first kappa shape index (κ1) is 13.4. The normalized spacial score (nSPS) is 27.2. The van der Waals surface area contributed by atoms with Crippen molar-refractivity contribution in [1.29, 1.82) is 0 Å². The largest absolute Gasteiger partial charge is 0.481 e. The number of hydrogen-bond donors (Lipinski definition) is 1. The second kappa shape index (κ2) is 5.72. The fourth-order valence-corrected chi connectivity index (χ4v) is 2.86. The van der Waals surface area contributed by atoms with Gasteiger partial charge in [0.2, 0.25) is 5.91 Å². The average Bonchev–Trinajstić information content (AvgIpc) is 3.01. The first-order valence-corrected chi connectivity index (χ1v) is 7.13. The number of carboxylic acids is 1. The van der Waals surface area contributed by atoms with Gasteiger partial charge in [-0.2, -0.15) is 0 Å². The van der Waals surface area contributed by atoms with Crippen LogP contribution in [0.4, 0.5) is 0 Å². The molecule has 0 spiro atoms. The molecular weight excluding hydrogens is 230 g/mol. The predicted molar refractivity (Wildman–Crippen MR) is 68.1 cm³/mol. The third-order valence-electron chi connectivity index (χ3n) is 4.11. The van der Waals surface area contributed by atoms with Crippen LogP contribution in [0.5, 0.6) is 0 Å². The highest BCUT2D eigenvalue weighted by atomic mass is 16.4. The SMILES string of the molecule is CCCN(CC1CC1)C(=O)C1CCC(C(=O)O)C1. The van der Waals surface area contributed by atoms with Gasteiger partial charge < -0.3 is 10.0 Å². The molecule has 2 fully saturated rings. The molecule has 2 aliphatic carbocycles. The van der Waals surface area contributed by atoms with E-state index in [4.69, 9.17) is 5.11 Å². The molecule has 0 radical (unpaired) electrons. The predicted octanol–water partition coefficient (Wildman–Crippen LogP) is 2.14. The Morgan fingerprint density at radius 1 is 1.17 bits per heavy atom. The molecule has 1 amide bonds. The highest BCUT2D eigenvalue weighted by Gasteiger charge is 2.37. The van der Waals surface area contributed by atoms with Crippen molar-refractivity contribution in [1.82, 2.24) is 4.90 Å². The lowest BCUT2D eigenvalue weighted by molar-refractivity contribution is -0.141. The van der Waals surface area contributed by atoms with Crippen LogP contribution in [0.2, 0.25) is 0 Å². The van der Waals surface area contributed by atoms with Crippen LogP contribution in [0.1, 0.15) is 45.4 Å². The Morgan fingerprint density at radius 3 is 2.33 bits per heavy atom.